The van der Waals surface area contributed by atoms with Crippen LogP contribution in [0.15, 0.2) is 23.1 Å². The smallest absolute Gasteiger partial charge is 0.328 e. The summed E-state index contributed by atoms with van der Waals surface area (Å²) in [5.74, 6) is -1.02. The van der Waals surface area contributed by atoms with Gasteiger partial charge < -0.3 is 5.11 Å². The van der Waals surface area contributed by atoms with Crippen molar-refractivity contribution >= 4 is 47.0 Å². The van der Waals surface area contributed by atoms with E-state index in [1.807, 2.05) is 6.26 Å². The predicted molar refractivity (Wildman–Crippen MR) is 64.9 cm³/mol. The number of aliphatic carboxylic acids is 1. The topological polar surface area (TPSA) is 37.3 Å². The van der Waals surface area contributed by atoms with Crippen molar-refractivity contribution < 1.29 is 9.90 Å². The van der Waals surface area contributed by atoms with Gasteiger partial charge in [0.05, 0.1) is 10.0 Å². The van der Waals surface area contributed by atoms with Crippen molar-refractivity contribution in [3.05, 3.63) is 33.8 Å². The molecule has 0 aliphatic carbocycles. The molecule has 1 aromatic carbocycles. The van der Waals surface area contributed by atoms with Gasteiger partial charge in [-0.1, -0.05) is 29.3 Å². The Hall–Kier alpha value is -0.640. The molecule has 0 aromatic heterocycles. The Kier molecular flexibility index (Phi) is 4.51. The molecule has 15 heavy (non-hydrogen) atoms. The lowest BCUT2D eigenvalue weighted by Gasteiger charge is -2.05. The van der Waals surface area contributed by atoms with Crippen LogP contribution in [0.1, 0.15) is 5.56 Å². The van der Waals surface area contributed by atoms with Crippen LogP contribution in [0.25, 0.3) is 6.08 Å². The van der Waals surface area contributed by atoms with Crippen molar-refractivity contribution in [2.24, 2.45) is 0 Å². The molecule has 0 heterocycles. The summed E-state index contributed by atoms with van der Waals surface area (Å²) < 4.78 is 0. The van der Waals surface area contributed by atoms with Gasteiger partial charge in [-0.2, -0.15) is 0 Å². The molecule has 1 N–H and O–H groups in total. The van der Waals surface area contributed by atoms with Gasteiger partial charge >= 0.3 is 5.97 Å². The molecule has 80 valence electrons. The minimum Gasteiger partial charge on any atom is -0.478 e. The van der Waals surface area contributed by atoms with E-state index in [1.165, 1.54) is 17.8 Å². The average Bonchev–Trinajstić information content (AvgIpc) is 2.20. The lowest BCUT2D eigenvalue weighted by atomic mass is 10.2. The molecule has 0 bridgehead atoms. The standard InChI is InChI=1S/C10H8Cl2O2S/c1-15-7-4-2-6(3-5-8(13)14)9(11)10(7)12/h2-5H,1H3,(H,13,14)/b5-3+. The maximum Gasteiger partial charge on any atom is 0.328 e. The van der Waals surface area contributed by atoms with Crippen molar-refractivity contribution in [1.82, 2.24) is 0 Å². The first kappa shape index (κ1) is 12.4. The van der Waals surface area contributed by atoms with E-state index < -0.39 is 5.97 Å². The molecule has 1 rings (SSSR count). The molecule has 1 aromatic rings. The first-order chi connectivity index (χ1) is 7.06. The van der Waals surface area contributed by atoms with E-state index in [4.69, 9.17) is 28.3 Å². The molecule has 0 aliphatic heterocycles. The molecular formula is C10H8Cl2O2S. The van der Waals surface area contributed by atoms with Gasteiger partial charge in [-0.25, -0.2) is 4.79 Å². The fourth-order valence-corrected chi connectivity index (χ4v) is 2.17. The summed E-state index contributed by atoms with van der Waals surface area (Å²) >= 11 is 13.4. The Morgan fingerprint density at radius 2 is 2.07 bits per heavy atom. The van der Waals surface area contributed by atoms with E-state index >= 15 is 0 Å². The molecule has 0 fully saturated rings. The number of carboxylic acids is 1. The van der Waals surface area contributed by atoms with E-state index in [-0.39, 0.29) is 0 Å². The zero-order valence-corrected chi connectivity index (χ0v) is 10.2. The van der Waals surface area contributed by atoms with Crippen LogP contribution in [-0.2, 0) is 4.79 Å². The Bertz CT molecular complexity index is 416. The second-order valence-corrected chi connectivity index (χ2v) is 4.26. The van der Waals surface area contributed by atoms with Crippen molar-refractivity contribution in [3.63, 3.8) is 0 Å². The Morgan fingerprint density at radius 1 is 1.40 bits per heavy atom. The third-order valence-corrected chi connectivity index (χ3v) is 3.49. The molecule has 0 spiro atoms. The molecular weight excluding hydrogens is 255 g/mol. The summed E-state index contributed by atoms with van der Waals surface area (Å²) in [5, 5.41) is 9.30. The molecule has 5 heteroatoms. The summed E-state index contributed by atoms with van der Waals surface area (Å²) in [6.07, 6.45) is 4.33. The van der Waals surface area contributed by atoms with E-state index in [0.717, 1.165) is 11.0 Å². The number of benzene rings is 1. The molecule has 0 radical (unpaired) electrons. The number of thioether (sulfide) groups is 1. The highest BCUT2D eigenvalue weighted by Gasteiger charge is 2.07. The van der Waals surface area contributed by atoms with Crippen LogP contribution in [0.2, 0.25) is 10.0 Å². The zero-order valence-electron chi connectivity index (χ0n) is 7.83. The van der Waals surface area contributed by atoms with Gasteiger partial charge in [-0.05, 0) is 24.0 Å². The Labute approximate surface area is 102 Å². The SMILES string of the molecule is CSc1ccc(/C=C/C(=O)O)c(Cl)c1Cl. The summed E-state index contributed by atoms with van der Waals surface area (Å²) in [5.41, 5.74) is 0.599. The van der Waals surface area contributed by atoms with Crippen molar-refractivity contribution in [1.29, 1.82) is 0 Å². The summed E-state index contributed by atoms with van der Waals surface area (Å²) in [6, 6.07) is 3.54. The number of carbonyl (C=O) groups is 1. The maximum atomic E-state index is 10.3. The summed E-state index contributed by atoms with van der Waals surface area (Å²) in [7, 11) is 0. The van der Waals surface area contributed by atoms with Gasteiger partial charge in [0.15, 0.2) is 0 Å². The van der Waals surface area contributed by atoms with Crippen LogP contribution in [0.3, 0.4) is 0 Å². The number of halogens is 2. The fourth-order valence-electron chi connectivity index (χ4n) is 0.994. The number of rotatable bonds is 3. The first-order valence-electron chi connectivity index (χ1n) is 3.99. The molecule has 2 nitrogen and oxygen atoms in total. The molecule has 0 amide bonds. The molecule has 0 saturated carbocycles. The van der Waals surface area contributed by atoms with Crippen LogP contribution < -0.4 is 0 Å². The number of carboxylic acid groups (broad SMARTS) is 1. The normalized spacial score (nSPS) is 10.9. The molecule has 0 unspecified atom stereocenters. The minimum absolute atomic E-state index is 0.376. The largest absolute Gasteiger partial charge is 0.478 e. The van der Waals surface area contributed by atoms with Crippen LogP contribution in [0.5, 0.6) is 0 Å². The molecule has 0 aliphatic rings. The fraction of sp³-hybridized carbons (Fsp3) is 0.100. The van der Waals surface area contributed by atoms with Gasteiger partial charge in [-0.15, -0.1) is 11.8 Å². The van der Waals surface area contributed by atoms with Crippen molar-refractivity contribution in [2.45, 2.75) is 4.90 Å². The number of hydrogen-bond acceptors (Lipinski definition) is 2. The highest BCUT2D eigenvalue weighted by atomic mass is 35.5. The van der Waals surface area contributed by atoms with Crippen molar-refractivity contribution in [3.8, 4) is 0 Å². The minimum atomic E-state index is -1.02. The van der Waals surface area contributed by atoms with Crippen molar-refractivity contribution in [2.75, 3.05) is 6.26 Å². The first-order valence-corrected chi connectivity index (χ1v) is 5.97. The monoisotopic (exact) mass is 262 g/mol. The van der Waals surface area contributed by atoms with Gasteiger partial charge in [0.2, 0.25) is 0 Å². The van der Waals surface area contributed by atoms with Gasteiger partial charge in [0, 0.05) is 11.0 Å². The Morgan fingerprint density at radius 3 is 2.60 bits per heavy atom. The lowest BCUT2D eigenvalue weighted by Crippen LogP contribution is -1.87. The van der Waals surface area contributed by atoms with Gasteiger partial charge in [0.25, 0.3) is 0 Å². The zero-order chi connectivity index (χ0) is 11.4. The maximum absolute atomic E-state index is 10.3. The predicted octanol–water partition coefficient (Wildman–Crippen LogP) is 3.81. The molecule has 0 saturated heterocycles. The van der Waals surface area contributed by atoms with Crippen LogP contribution in [0.4, 0.5) is 0 Å². The van der Waals surface area contributed by atoms with Gasteiger partial charge in [0.1, 0.15) is 0 Å². The lowest BCUT2D eigenvalue weighted by molar-refractivity contribution is -0.131. The van der Waals surface area contributed by atoms with Crippen LogP contribution in [0, 0.1) is 0 Å². The Balaban J connectivity index is 3.12. The van der Waals surface area contributed by atoms with E-state index in [2.05, 4.69) is 0 Å². The molecule has 0 atom stereocenters. The van der Waals surface area contributed by atoms with Gasteiger partial charge in [-0.3, -0.25) is 0 Å². The number of hydrogen-bond donors (Lipinski definition) is 1. The highest BCUT2D eigenvalue weighted by Crippen LogP contribution is 2.34. The van der Waals surface area contributed by atoms with Crippen LogP contribution >= 0.6 is 35.0 Å². The second-order valence-electron chi connectivity index (χ2n) is 2.66. The second kappa shape index (κ2) is 5.45. The summed E-state index contributed by atoms with van der Waals surface area (Å²) in [4.78, 5) is 11.2. The highest BCUT2D eigenvalue weighted by molar-refractivity contribution is 7.98. The van der Waals surface area contributed by atoms with Crippen LogP contribution in [-0.4, -0.2) is 17.3 Å². The van der Waals surface area contributed by atoms with E-state index in [1.54, 1.807) is 12.1 Å². The quantitative estimate of drug-likeness (QED) is 0.665. The average molecular weight is 263 g/mol. The van der Waals surface area contributed by atoms with E-state index in [9.17, 15) is 4.79 Å². The third-order valence-electron chi connectivity index (χ3n) is 1.70. The summed E-state index contributed by atoms with van der Waals surface area (Å²) in [6.45, 7) is 0. The third kappa shape index (κ3) is 3.16. The van der Waals surface area contributed by atoms with E-state index in [0.29, 0.717) is 15.6 Å².